The maximum atomic E-state index is 11.0. The van der Waals surface area contributed by atoms with Crippen LogP contribution < -0.4 is 5.32 Å². The highest BCUT2D eigenvalue weighted by atomic mass is 16.3. The second kappa shape index (κ2) is 3.04. The number of hydrogen-bond acceptors (Lipinski definition) is 4. The van der Waals surface area contributed by atoms with Crippen LogP contribution in [0, 0.1) is 11.3 Å². The first-order valence-corrected chi connectivity index (χ1v) is 4.74. The van der Waals surface area contributed by atoms with E-state index in [1.165, 1.54) is 0 Å². The summed E-state index contributed by atoms with van der Waals surface area (Å²) in [5.74, 6) is -0.103. The van der Waals surface area contributed by atoms with Gasteiger partial charge in [0.05, 0.1) is 17.6 Å². The highest BCUT2D eigenvalue weighted by Gasteiger charge is 2.53. The molecule has 4 heteroatoms. The van der Waals surface area contributed by atoms with E-state index < -0.39 is 17.6 Å². The minimum absolute atomic E-state index is 0.103. The van der Waals surface area contributed by atoms with Crippen LogP contribution in [0.5, 0.6) is 0 Å². The first-order valence-electron chi connectivity index (χ1n) is 4.74. The van der Waals surface area contributed by atoms with Gasteiger partial charge in [-0.25, -0.2) is 0 Å². The highest BCUT2D eigenvalue weighted by Crippen LogP contribution is 2.42. The Bertz CT molecular complexity index is 221. The Morgan fingerprint density at radius 2 is 2.15 bits per heavy atom. The second-order valence-corrected chi connectivity index (χ2v) is 4.13. The van der Waals surface area contributed by atoms with Crippen molar-refractivity contribution in [2.45, 2.75) is 25.0 Å². The maximum Gasteiger partial charge on any atom is 0.130 e. The van der Waals surface area contributed by atoms with E-state index in [4.69, 9.17) is 0 Å². The third kappa shape index (κ3) is 1.13. The van der Waals surface area contributed by atoms with Crippen molar-refractivity contribution in [3.8, 4) is 0 Å². The van der Waals surface area contributed by atoms with Crippen molar-refractivity contribution in [3.63, 3.8) is 0 Å². The number of nitrogens with one attached hydrogen (secondary N) is 1. The Morgan fingerprint density at radius 3 is 2.77 bits per heavy atom. The molecule has 0 spiro atoms. The number of carbonyl (C=O) groups is 1. The minimum Gasteiger partial charge on any atom is -0.393 e. The first kappa shape index (κ1) is 9.12. The lowest BCUT2D eigenvalue weighted by atomic mass is 9.66. The fourth-order valence-corrected chi connectivity index (χ4v) is 2.63. The summed E-state index contributed by atoms with van der Waals surface area (Å²) in [4.78, 5) is 11.0. The van der Waals surface area contributed by atoms with Crippen LogP contribution in [-0.2, 0) is 4.79 Å². The van der Waals surface area contributed by atoms with Crippen LogP contribution in [-0.4, -0.2) is 41.8 Å². The molecule has 3 N–H and O–H groups in total. The summed E-state index contributed by atoms with van der Waals surface area (Å²) in [5.41, 5.74) is -0.725. The molecule has 0 radical (unpaired) electrons. The molecular weight excluding hydrogens is 170 g/mol. The van der Waals surface area contributed by atoms with Gasteiger partial charge in [0.1, 0.15) is 6.29 Å². The number of carbonyl (C=O) groups excluding carboxylic acids is 1. The van der Waals surface area contributed by atoms with Gasteiger partial charge in [-0.2, -0.15) is 0 Å². The third-order valence-electron chi connectivity index (χ3n) is 3.53. The normalized spacial score (nSPS) is 50.2. The number of aldehydes is 1. The van der Waals surface area contributed by atoms with Crippen molar-refractivity contribution in [2.24, 2.45) is 11.3 Å². The van der Waals surface area contributed by atoms with Crippen LogP contribution in [0.2, 0.25) is 0 Å². The summed E-state index contributed by atoms with van der Waals surface area (Å²) in [6, 6.07) is 0. The molecule has 2 aliphatic rings. The Kier molecular flexibility index (Phi) is 2.14. The van der Waals surface area contributed by atoms with Crippen LogP contribution >= 0.6 is 0 Å². The van der Waals surface area contributed by atoms with Crippen molar-refractivity contribution < 1.29 is 15.0 Å². The van der Waals surface area contributed by atoms with Crippen LogP contribution in [0.25, 0.3) is 0 Å². The summed E-state index contributed by atoms with van der Waals surface area (Å²) < 4.78 is 0. The van der Waals surface area contributed by atoms with Gasteiger partial charge in [-0.1, -0.05) is 0 Å². The zero-order chi connectivity index (χ0) is 9.47. The van der Waals surface area contributed by atoms with Gasteiger partial charge >= 0.3 is 0 Å². The van der Waals surface area contributed by atoms with E-state index in [2.05, 4.69) is 5.32 Å². The lowest BCUT2D eigenvalue weighted by Gasteiger charge is -2.41. The van der Waals surface area contributed by atoms with E-state index >= 15 is 0 Å². The first-order chi connectivity index (χ1) is 6.20. The van der Waals surface area contributed by atoms with Crippen molar-refractivity contribution in [3.05, 3.63) is 0 Å². The van der Waals surface area contributed by atoms with E-state index in [1.807, 2.05) is 0 Å². The smallest absolute Gasteiger partial charge is 0.130 e. The Labute approximate surface area is 76.9 Å². The quantitative estimate of drug-likeness (QED) is 0.454. The number of fused-ring (bicyclic) bond motifs is 1. The molecule has 13 heavy (non-hydrogen) atoms. The van der Waals surface area contributed by atoms with Gasteiger partial charge < -0.3 is 20.3 Å². The fraction of sp³-hybridized carbons (Fsp3) is 0.889. The predicted molar refractivity (Wildman–Crippen MR) is 46.1 cm³/mol. The predicted octanol–water partition coefficient (Wildman–Crippen LogP) is -1.09. The molecule has 0 bridgehead atoms. The van der Waals surface area contributed by atoms with Gasteiger partial charge in [0, 0.05) is 19.0 Å². The summed E-state index contributed by atoms with van der Waals surface area (Å²) in [6.07, 6.45) is 0.920. The third-order valence-corrected chi connectivity index (χ3v) is 3.53. The van der Waals surface area contributed by atoms with Crippen LogP contribution in [0.15, 0.2) is 0 Å². The molecule has 2 rings (SSSR count). The molecule has 74 valence electrons. The summed E-state index contributed by atoms with van der Waals surface area (Å²) in [5, 5.41) is 22.5. The van der Waals surface area contributed by atoms with Gasteiger partial charge in [0.15, 0.2) is 0 Å². The van der Waals surface area contributed by atoms with E-state index in [0.717, 1.165) is 6.29 Å². The van der Waals surface area contributed by atoms with Crippen molar-refractivity contribution in [1.82, 2.24) is 5.32 Å². The minimum atomic E-state index is -0.725. The molecule has 2 fully saturated rings. The van der Waals surface area contributed by atoms with Crippen molar-refractivity contribution in [2.75, 3.05) is 13.1 Å². The maximum absolute atomic E-state index is 11.0. The molecule has 4 nitrogen and oxygen atoms in total. The summed E-state index contributed by atoms with van der Waals surface area (Å²) in [7, 11) is 0. The lowest BCUT2D eigenvalue weighted by molar-refractivity contribution is -0.135. The SMILES string of the molecule is O=C[C@@]12CNC[C@H]1C(O)CCC2O. The zero-order valence-electron chi connectivity index (χ0n) is 7.44. The molecule has 1 heterocycles. The van der Waals surface area contributed by atoms with Gasteiger partial charge in [-0.05, 0) is 12.8 Å². The standard InChI is InChI=1S/C9H15NO3/c11-5-9-4-10-3-6(9)7(12)1-2-8(9)13/h5-8,10,12-13H,1-4H2/t6-,7?,8?,9-/m0/s1. The molecule has 0 amide bonds. The van der Waals surface area contributed by atoms with Gasteiger partial charge in [-0.15, -0.1) is 0 Å². The van der Waals surface area contributed by atoms with E-state index in [9.17, 15) is 15.0 Å². The van der Waals surface area contributed by atoms with E-state index in [1.54, 1.807) is 0 Å². The largest absolute Gasteiger partial charge is 0.393 e. The molecule has 4 atom stereocenters. The van der Waals surface area contributed by atoms with Gasteiger partial charge in [0.2, 0.25) is 0 Å². The molecule has 2 unspecified atom stereocenters. The monoisotopic (exact) mass is 185 g/mol. The van der Waals surface area contributed by atoms with E-state index in [0.29, 0.717) is 25.9 Å². The number of aliphatic hydroxyl groups excluding tert-OH is 2. The molecule has 1 saturated carbocycles. The molecule has 0 aromatic heterocycles. The van der Waals surface area contributed by atoms with Crippen LogP contribution in [0.3, 0.4) is 0 Å². The fourth-order valence-electron chi connectivity index (χ4n) is 2.63. The van der Waals surface area contributed by atoms with Crippen molar-refractivity contribution in [1.29, 1.82) is 0 Å². The average Bonchev–Trinajstić information content (AvgIpc) is 2.57. The molecular formula is C9H15NO3. The average molecular weight is 185 g/mol. The van der Waals surface area contributed by atoms with Gasteiger partial charge in [0.25, 0.3) is 0 Å². The Morgan fingerprint density at radius 1 is 1.38 bits per heavy atom. The summed E-state index contributed by atoms with van der Waals surface area (Å²) >= 11 is 0. The number of aliphatic hydroxyl groups is 2. The number of hydrogen-bond donors (Lipinski definition) is 3. The van der Waals surface area contributed by atoms with Crippen LogP contribution in [0.1, 0.15) is 12.8 Å². The Balaban J connectivity index is 2.29. The number of rotatable bonds is 1. The van der Waals surface area contributed by atoms with Crippen LogP contribution in [0.4, 0.5) is 0 Å². The van der Waals surface area contributed by atoms with E-state index in [-0.39, 0.29) is 5.92 Å². The van der Waals surface area contributed by atoms with Crippen molar-refractivity contribution >= 4 is 6.29 Å². The molecule has 1 saturated heterocycles. The lowest BCUT2D eigenvalue weighted by Crippen LogP contribution is -2.51. The highest BCUT2D eigenvalue weighted by molar-refractivity contribution is 5.63. The molecule has 1 aliphatic heterocycles. The summed E-state index contributed by atoms with van der Waals surface area (Å²) in [6.45, 7) is 1.14. The molecule has 0 aromatic carbocycles. The van der Waals surface area contributed by atoms with Gasteiger partial charge in [-0.3, -0.25) is 0 Å². The molecule has 0 aromatic rings. The molecule has 1 aliphatic carbocycles. The topological polar surface area (TPSA) is 69.6 Å². The second-order valence-electron chi connectivity index (χ2n) is 4.13. The zero-order valence-corrected chi connectivity index (χ0v) is 7.44. The Hall–Kier alpha value is -0.450.